The Morgan fingerprint density at radius 2 is 2.04 bits per heavy atom. The lowest BCUT2D eigenvalue weighted by molar-refractivity contribution is 0.183. The molecule has 5 heteroatoms. The van der Waals surface area contributed by atoms with Crippen LogP contribution < -0.4 is 4.74 Å². The fourth-order valence-electron chi connectivity index (χ4n) is 3.09. The van der Waals surface area contributed by atoms with Crippen LogP contribution in [0.4, 0.5) is 0 Å². The first-order chi connectivity index (χ1) is 11.3. The van der Waals surface area contributed by atoms with Gasteiger partial charge in [-0.05, 0) is 38.1 Å². The molecule has 0 amide bonds. The molecule has 1 fully saturated rings. The second-order valence-corrected chi connectivity index (χ2v) is 6.09. The average Bonchev–Trinajstić information content (AvgIpc) is 2.97. The number of likely N-dealkylation sites (tertiary alicyclic amines) is 1. The number of ether oxygens (including phenoxy) is 1. The number of hydrogen-bond donors (Lipinski definition) is 1. The van der Waals surface area contributed by atoms with Gasteiger partial charge in [0, 0.05) is 19.2 Å². The molecule has 0 bridgehead atoms. The van der Waals surface area contributed by atoms with Gasteiger partial charge in [-0.1, -0.05) is 18.6 Å². The van der Waals surface area contributed by atoms with Crippen LogP contribution in [0.25, 0.3) is 11.3 Å². The Kier molecular flexibility index (Phi) is 5.31. The Balaban J connectivity index is 1.63. The molecule has 0 unspecified atom stereocenters. The van der Waals surface area contributed by atoms with Gasteiger partial charge in [0.05, 0.1) is 24.3 Å². The number of imidazole rings is 1. The molecular formula is C18H25N3O2. The molecule has 2 heterocycles. The lowest BCUT2D eigenvalue weighted by Crippen LogP contribution is -2.33. The predicted molar refractivity (Wildman–Crippen MR) is 90.4 cm³/mol. The van der Waals surface area contributed by atoms with Gasteiger partial charge in [-0.25, -0.2) is 4.98 Å². The first kappa shape index (κ1) is 16.0. The minimum absolute atomic E-state index is 0.0219. The molecule has 5 nitrogen and oxygen atoms in total. The lowest BCUT2D eigenvalue weighted by Gasteiger charge is -2.26. The standard InChI is InChI=1S/C18H25N3O2/c1-20-14-19-18(17(20)13-22)15-6-5-7-16(12-15)23-11-10-21-8-3-2-4-9-21/h5-7,12,14,22H,2-4,8-11,13H2,1H3. The minimum Gasteiger partial charge on any atom is -0.492 e. The maximum atomic E-state index is 9.51. The van der Waals surface area contributed by atoms with Crippen molar-refractivity contribution in [2.24, 2.45) is 7.05 Å². The average molecular weight is 315 g/mol. The van der Waals surface area contributed by atoms with E-state index in [9.17, 15) is 5.11 Å². The first-order valence-corrected chi connectivity index (χ1v) is 8.34. The van der Waals surface area contributed by atoms with E-state index >= 15 is 0 Å². The third kappa shape index (κ3) is 3.92. The van der Waals surface area contributed by atoms with Crippen molar-refractivity contribution in [1.29, 1.82) is 0 Å². The summed E-state index contributed by atoms with van der Waals surface area (Å²) in [5.41, 5.74) is 2.61. The number of aliphatic hydroxyl groups excluding tert-OH is 1. The summed E-state index contributed by atoms with van der Waals surface area (Å²) in [5.74, 6) is 0.856. The third-order valence-electron chi connectivity index (χ3n) is 4.44. The van der Waals surface area contributed by atoms with Crippen LogP contribution in [0.2, 0.25) is 0 Å². The van der Waals surface area contributed by atoms with Gasteiger partial charge in [-0.3, -0.25) is 4.90 Å². The number of nitrogens with zero attached hydrogens (tertiary/aromatic N) is 3. The van der Waals surface area contributed by atoms with Gasteiger partial charge < -0.3 is 14.4 Å². The van der Waals surface area contributed by atoms with E-state index in [1.807, 2.05) is 35.9 Å². The van der Waals surface area contributed by atoms with Crippen LogP contribution in [0.5, 0.6) is 5.75 Å². The van der Waals surface area contributed by atoms with Crippen LogP contribution in [0.1, 0.15) is 25.0 Å². The lowest BCUT2D eigenvalue weighted by atomic mass is 10.1. The number of hydrogen-bond acceptors (Lipinski definition) is 4. The highest BCUT2D eigenvalue weighted by Gasteiger charge is 2.12. The highest BCUT2D eigenvalue weighted by atomic mass is 16.5. The summed E-state index contributed by atoms with van der Waals surface area (Å²) >= 11 is 0. The molecule has 124 valence electrons. The Morgan fingerprint density at radius 3 is 2.83 bits per heavy atom. The molecule has 2 aromatic rings. The summed E-state index contributed by atoms with van der Waals surface area (Å²) in [5, 5.41) is 9.51. The van der Waals surface area contributed by atoms with Crippen molar-refractivity contribution in [3.8, 4) is 17.0 Å². The van der Waals surface area contributed by atoms with E-state index in [4.69, 9.17) is 4.74 Å². The van der Waals surface area contributed by atoms with Crippen LogP contribution >= 0.6 is 0 Å². The molecule has 0 aliphatic carbocycles. The topological polar surface area (TPSA) is 50.5 Å². The maximum absolute atomic E-state index is 9.51. The number of aryl methyl sites for hydroxylation is 1. The van der Waals surface area contributed by atoms with Crippen LogP contribution in [0.15, 0.2) is 30.6 Å². The molecule has 1 saturated heterocycles. The SMILES string of the molecule is Cn1cnc(-c2cccc(OCCN3CCCCC3)c2)c1CO. The number of benzene rings is 1. The quantitative estimate of drug-likeness (QED) is 0.889. The van der Waals surface area contributed by atoms with Gasteiger partial charge >= 0.3 is 0 Å². The van der Waals surface area contributed by atoms with Crippen molar-refractivity contribution < 1.29 is 9.84 Å². The van der Waals surface area contributed by atoms with Crippen LogP contribution in [-0.4, -0.2) is 45.8 Å². The van der Waals surface area contributed by atoms with E-state index in [1.165, 1.54) is 32.4 Å². The molecule has 1 aromatic carbocycles. The molecule has 0 saturated carbocycles. The summed E-state index contributed by atoms with van der Waals surface area (Å²) in [4.78, 5) is 6.86. The van der Waals surface area contributed by atoms with Gasteiger partial charge in [0.15, 0.2) is 0 Å². The van der Waals surface area contributed by atoms with Gasteiger partial charge in [-0.15, -0.1) is 0 Å². The molecule has 0 radical (unpaired) electrons. The Bertz CT molecular complexity index is 633. The van der Waals surface area contributed by atoms with Gasteiger partial charge in [0.25, 0.3) is 0 Å². The molecule has 23 heavy (non-hydrogen) atoms. The van der Waals surface area contributed by atoms with Crippen molar-refractivity contribution in [2.75, 3.05) is 26.2 Å². The molecule has 3 rings (SSSR count). The van der Waals surface area contributed by atoms with Crippen LogP contribution in [0.3, 0.4) is 0 Å². The minimum atomic E-state index is -0.0219. The van der Waals surface area contributed by atoms with E-state index < -0.39 is 0 Å². The third-order valence-corrected chi connectivity index (χ3v) is 4.44. The zero-order chi connectivity index (χ0) is 16.1. The molecule has 0 atom stereocenters. The predicted octanol–water partition coefficient (Wildman–Crippen LogP) is 2.44. The summed E-state index contributed by atoms with van der Waals surface area (Å²) in [7, 11) is 1.89. The van der Waals surface area contributed by atoms with Crippen molar-refractivity contribution >= 4 is 0 Å². The fraction of sp³-hybridized carbons (Fsp3) is 0.500. The summed E-state index contributed by atoms with van der Waals surface area (Å²) < 4.78 is 7.76. The van der Waals surface area contributed by atoms with Gasteiger partial charge in [0.2, 0.25) is 0 Å². The molecular weight excluding hydrogens is 290 g/mol. The zero-order valence-electron chi connectivity index (χ0n) is 13.7. The largest absolute Gasteiger partial charge is 0.492 e. The maximum Gasteiger partial charge on any atom is 0.120 e. The van der Waals surface area contributed by atoms with E-state index in [0.29, 0.717) is 6.61 Å². The van der Waals surface area contributed by atoms with Gasteiger partial charge in [-0.2, -0.15) is 0 Å². The monoisotopic (exact) mass is 315 g/mol. The van der Waals surface area contributed by atoms with Crippen molar-refractivity contribution in [3.63, 3.8) is 0 Å². The fourth-order valence-corrected chi connectivity index (χ4v) is 3.09. The normalized spacial score (nSPS) is 15.7. The van der Waals surface area contributed by atoms with Crippen molar-refractivity contribution in [3.05, 3.63) is 36.3 Å². The van der Waals surface area contributed by atoms with Crippen LogP contribution in [0, 0.1) is 0 Å². The van der Waals surface area contributed by atoms with E-state index in [2.05, 4.69) is 9.88 Å². The molecule has 1 aliphatic heterocycles. The molecule has 1 N–H and O–H groups in total. The number of aromatic nitrogens is 2. The highest BCUT2D eigenvalue weighted by Crippen LogP contribution is 2.25. The highest BCUT2D eigenvalue weighted by molar-refractivity contribution is 5.63. The second-order valence-electron chi connectivity index (χ2n) is 6.09. The van der Waals surface area contributed by atoms with Crippen molar-refractivity contribution in [1.82, 2.24) is 14.5 Å². The summed E-state index contributed by atoms with van der Waals surface area (Å²) in [6, 6.07) is 7.94. The molecule has 1 aromatic heterocycles. The Morgan fingerprint density at radius 1 is 1.22 bits per heavy atom. The van der Waals surface area contributed by atoms with E-state index in [1.54, 1.807) is 6.33 Å². The Hall–Kier alpha value is -1.85. The zero-order valence-corrected chi connectivity index (χ0v) is 13.7. The van der Waals surface area contributed by atoms with Crippen LogP contribution in [-0.2, 0) is 13.7 Å². The smallest absolute Gasteiger partial charge is 0.120 e. The molecule has 1 aliphatic rings. The molecule has 0 spiro atoms. The van der Waals surface area contributed by atoms with E-state index in [0.717, 1.165) is 29.2 Å². The number of piperidine rings is 1. The van der Waals surface area contributed by atoms with Crippen molar-refractivity contribution in [2.45, 2.75) is 25.9 Å². The van der Waals surface area contributed by atoms with Gasteiger partial charge in [0.1, 0.15) is 12.4 Å². The number of aliphatic hydroxyl groups is 1. The number of rotatable bonds is 6. The summed E-state index contributed by atoms with van der Waals surface area (Å²) in [6.45, 7) is 4.05. The first-order valence-electron chi connectivity index (χ1n) is 8.34. The summed E-state index contributed by atoms with van der Waals surface area (Å²) in [6.07, 6.45) is 5.69. The Labute approximate surface area is 137 Å². The second kappa shape index (κ2) is 7.62. The van der Waals surface area contributed by atoms with E-state index in [-0.39, 0.29) is 6.61 Å².